The summed E-state index contributed by atoms with van der Waals surface area (Å²) in [5.41, 5.74) is 2.13. The van der Waals surface area contributed by atoms with Crippen LogP contribution in [0.3, 0.4) is 0 Å². The fraction of sp³-hybridized carbons (Fsp3) is 0.353. The first-order valence-electron chi connectivity index (χ1n) is 7.63. The molecule has 0 aliphatic carbocycles. The van der Waals surface area contributed by atoms with Crippen LogP contribution in [0.25, 0.3) is 11.3 Å². The Morgan fingerprint density at radius 1 is 1.13 bits per heavy atom. The second kappa shape index (κ2) is 8.12. The smallest absolute Gasteiger partial charge is 0.239 e. The van der Waals surface area contributed by atoms with Gasteiger partial charge in [-0.2, -0.15) is 0 Å². The van der Waals surface area contributed by atoms with E-state index in [2.05, 4.69) is 15.6 Å². The van der Waals surface area contributed by atoms with Crippen LogP contribution in [0, 0.1) is 6.92 Å². The third kappa shape index (κ3) is 5.25. The summed E-state index contributed by atoms with van der Waals surface area (Å²) in [6.07, 6.45) is 2.28. The van der Waals surface area contributed by atoms with Gasteiger partial charge in [0, 0.05) is 24.9 Å². The lowest BCUT2D eigenvalue weighted by atomic mass is 10.1. The molecule has 6 nitrogen and oxygen atoms in total. The number of hydrogen-bond donors (Lipinski definition) is 2. The van der Waals surface area contributed by atoms with Gasteiger partial charge in [0.1, 0.15) is 0 Å². The maximum absolute atomic E-state index is 11.7. The first-order valence-corrected chi connectivity index (χ1v) is 7.63. The number of aromatic nitrogens is 1. The van der Waals surface area contributed by atoms with Crippen molar-refractivity contribution in [2.75, 3.05) is 13.1 Å². The molecule has 0 aliphatic heterocycles. The molecule has 1 heterocycles. The third-order valence-corrected chi connectivity index (χ3v) is 3.28. The van der Waals surface area contributed by atoms with Gasteiger partial charge in [0.15, 0.2) is 11.7 Å². The van der Waals surface area contributed by atoms with Crippen LogP contribution < -0.4 is 10.6 Å². The monoisotopic (exact) mass is 315 g/mol. The number of carbonyl (C=O) groups excluding carboxylic acids is 2. The number of hydrogen-bond acceptors (Lipinski definition) is 4. The quantitative estimate of drug-likeness (QED) is 0.816. The molecule has 0 radical (unpaired) electrons. The van der Waals surface area contributed by atoms with Gasteiger partial charge in [-0.15, -0.1) is 0 Å². The van der Waals surface area contributed by atoms with Gasteiger partial charge in [0.05, 0.1) is 12.7 Å². The molecular weight excluding hydrogens is 294 g/mol. The van der Waals surface area contributed by atoms with Crippen LogP contribution in [0.5, 0.6) is 0 Å². The van der Waals surface area contributed by atoms with E-state index in [1.807, 2.05) is 38.1 Å². The maximum Gasteiger partial charge on any atom is 0.239 e. The highest BCUT2D eigenvalue weighted by Gasteiger charge is 2.09. The van der Waals surface area contributed by atoms with Crippen molar-refractivity contribution < 1.29 is 14.0 Å². The molecule has 0 fully saturated rings. The zero-order valence-corrected chi connectivity index (χ0v) is 13.4. The van der Waals surface area contributed by atoms with Crippen molar-refractivity contribution in [1.82, 2.24) is 15.6 Å². The molecule has 0 saturated heterocycles. The number of nitrogens with one attached hydrogen (secondary N) is 2. The number of oxazole rings is 1. The van der Waals surface area contributed by atoms with Gasteiger partial charge in [-0.25, -0.2) is 4.98 Å². The second-order valence-electron chi connectivity index (χ2n) is 5.21. The molecule has 0 bridgehead atoms. The van der Waals surface area contributed by atoms with Crippen molar-refractivity contribution in [1.29, 1.82) is 0 Å². The highest BCUT2D eigenvalue weighted by molar-refractivity contribution is 5.84. The van der Waals surface area contributed by atoms with Gasteiger partial charge in [0.25, 0.3) is 0 Å². The lowest BCUT2D eigenvalue weighted by molar-refractivity contribution is -0.126. The summed E-state index contributed by atoms with van der Waals surface area (Å²) in [4.78, 5) is 27.1. The average Bonchev–Trinajstić information content (AvgIpc) is 3.01. The van der Waals surface area contributed by atoms with Crippen LogP contribution in [-0.4, -0.2) is 29.9 Å². The Kier molecular flexibility index (Phi) is 5.91. The number of amides is 2. The molecule has 2 N–H and O–H groups in total. The number of rotatable bonds is 7. The van der Waals surface area contributed by atoms with Crippen molar-refractivity contribution in [3.8, 4) is 11.3 Å². The molecular formula is C17H21N3O3. The van der Waals surface area contributed by atoms with E-state index in [-0.39, 0.29) is 24.8 Å². The fourth-order valence-electron chi connectivity index (χ4n) is 2.02. The zero-order chi connectivity index (χ0) is 16.7. The van der Waals surface area contributed by atoms with Crippen molar-refractivity contribution >= 4 is 11.8 Å². The van der Waals surface area contributed by atoms with E-state index >= 15 is 0 Å². The first-order chi connectivity index (χ1) is 11.1. The molecule has 0 saturated carbocycles. The molecule has 1 aromatic carbocycles. The van der Waals surface area contributed by atoms with E-state index < -0.39 is 0 Å². The van der Waals surface area contributed by atoms with Gasteiger partial charge in [0.2, 0.25) is 11.8 Å². The fourth-order valence-corrected chi connectivity index (χ4v) is 2.02. The lowest BCUT2D eigenvalue weighted by Crippen LogP contribution is -2.36. The predicted octanol–water partition coefficient (Wildman–Crippen LogP) is 1.83. The minimum Gasteiger partial charge on any atom is -0.441 e. The van der Waals surface area contributed by atoms with Crippen LogP contribution in [0.15, 0.2) is 34.9 Å². The SMILES string of the molecule is CCNC(=O)CNC(=O)CCc1ncc(-c2ccc(C)cc2)o1. The van der Waals surface area contributed by atoms with Crippen molar-refractivity contribution in [3.05, 3.63) is 41.9 Å². The van der Waals surface area contributed by atoms with Gasteiger partial charge in [-0.3, -0.25) is 9.59 Å². The van der Waals surface area contributed by atoms with Crippen LogP contribution in [0.4, 0.5) is 0 Å². The summed E-state index contributed by atoms with van der Waals surface area (Å²) in [5, 5.41) is 5.18. The normalized spacial score (nSPS) is 10.3. The predicted molar refractivity (Wildman–Crippen MR) is 86.7 cm³/mol. The molecule has 2 aromatic rings. The maximum atomic E-state index is 11.7. The van der Waals surface area contributed by atoms with E-state index in [0.717, 1.165) is 5.56 Å². The lowest BCUT2D eigenvalue weighted by Gasteiger charge is -2.04. The average molecular weight is 315 g/mol. The Balaban J connectivity index is 1.81. The number of aryl methyl sites for hydroxylation is 2. The van der Waals surface area contributed by atoms with Crippen LogP contribution >= 0.6 is 0 Å². The van der Waals surface area contributed by atoms with E-state index in [1.54, 1.807) is 6.20 Å². The first kappa shape index (κ1) is 16.7. The molecule has 122 valence electrons. The summed E-state index contributed by atoms with van der Waals surface area (Å²) in [5.74, 6) is 0.793. The Labute approximate surface area is 135 Å². The van der Waals surface area contributed by atoms with Crippen LogP contribution in [0.2, 0.25) is 0 Å². The Morgan fingerprint density at radius 2 is 1.87 bits per heavy atom. The molecule has 1 aromatic heterocycles. The molecule has 2 rings (SSSR count). The molecule has 0 aliphatic rings. The van der Waals surface area contributed by atoms with Gasteiger partial charge >= 0.3 is 0 Å². The number of nitrogens with zero attached hydrogens (tertiary/aromatic N) is 1. The van der Waals surface area contributed by atoms with E-state index in [1.165, 1.54) is 5.56 Å². The molecule has 6 heteroatoms. The second-order valence-corrected chi connectivity index (χ2v) is 5.21. The van der Waals surface area contributed by atoms with Crippen molar-refractivity contribution in [2.45, 2.75) is 26.7 Å². The standard InChI is InChI=1S/C17H21N3O3/c1-3-18-16(22)11-19-15(21)8-9-17-20-10-14(23-17)13-6-4-12(2)5-7-13/h4-7,10H,3,8-9,11H2,1-2H3,(H,18,22)(H,19,21). The van der Waals surface area contributed by atoms with Gasteiger partial charge in [-0.1, -0.05) is 29.8 Å². The summed E-state index contributed by atoms with van der Waals surface area (Å²) < 4.78 is 5.65. The summed E-state index contributed by atoms with van der Waals surface area (Å²) in [7, 11) is 0. The van der Waals surface area contributed by atoms with E-state index in [9.17, 15) is 9.59 Å². The summed E-state index contributed by atoms with van der Waals surface area (Å²) in [6, 6.07) is 7.95. The van der Waals surface area contributed by atoms with Crippen LogP contribution in [-0.2, 0) is 16.0 Å². The summed E-state index contributed by atoms with van der Waals surface area (Å²) in [6.45, 7) is 4.39. The Hall–Kier alpha value is -2.63. The number of likely N-dealkylation sites (N-methyl/N-ethyl adjacent to an activating group) is 1. The molecule has 23 heavy (non-hydrogen) atoms. The van der Waals surface area contributed by atoms with E-state index in [4.69, 9.17) is 4.42 Å². The van der Waals surface area contributed by atoms with Crippen molar-refractivity contribution in [2.24, 2.45) is 0 Å². The van der Waals surface area contributed by atoms with Crippen LogP contribution in [0.1, 0.15) is 24.8 Å². The molecule has 0 spiro atoms. The van der Waals surface area contributed by atoms with E-state index in [0.29, 0.717) is 24.6 Å². The minimum absolute atomic E-state index is 0.00707. The molecule has 2 amide bonds. The highest BCUT2D eigenvalue weighted by Crippen LogP contribution is 2.21. The van der Waals surface area contributed by atoms with Gasteiger partial charge in [-0.05, 0) is 13.8 Å². The zero-order valence-electron chi connectivity index (χ0n) is 13.4. The summed E-state index contributed by atoms with van der Waals surface area (Å²) >= 11 is 0. The number of benzene rings is 1. The third-order valence-electron chi connectivity index (χ3n) is 3.28. The molecule has 0 unspecified atom stereocenters. The minimum atomic E-state index is -0.202. The Bertz CT molecular complexity index is 662. The van der Waals surface area contributed by atoms with Crippen molar-refractivity contribution in [3.63, 3.8) is 0 Å². The largest absolute Gasteiger partial charge is 0.441 e. The highest BCUT2D eigenvalue weighted by atomic mass is 16.4. The number of carbonyl (C=O) groups is 2. The Morgan fingerprint density at radius 3 is 2.57 bits per heavy atom. The van der Waals surface area contributed by atoms with Gasteiger partial charge < -0.3 is 15.1 Å². The molecule has 0 atom stereocenters. The topological polar surface area (TPSA) is 84.2 Å².